The molecule has 1 aromatic carbocycles. The minimum Gasteiger partial charge on any atom is -0.423 e. The molecule has 0 amide bonds. The van der Waals surface area contributed by atoms with Gasteiger partial charge in [0.25, 0.3) is 0 Å². The van der Waals surface area contributed by atoms with Gasteiger partial charge in [-0.15, -0.1) is 0 Å². The van der Waals surface area contributed by atoms with Crippen LogP contribution >= 0.6 is 11.6 Å². The summed E-state index contributed by atoms with van der Waals surface area (Å²) in [6, 6.07) is 1.62. The van der Waals surface area contributed by atoms with Crippen molar-refractivity contribution in [2.75, 3.05) is 6.61 Å². The Morgan fingerprint density at radius 2 is 2.22 bits per heavy atom. The first-order valence-corrected chi connectivity index (χ1v) is 8.18. The Morgan fingerprint density at radius 3 is 2.83 bits per heavy atom. The Morgan fingerprint density at radius 1 is 1.43 bits per heavy atom. The van der Waals surface area contributed by atoms with E-state index >= 15 is 0 Å². The number of rotatable bonds is 3. The first-order valence-electron chi connectivity index (χ1n) is 7.81. The average molecular weight is 338 g/mol. The van der Waals surface area contributed by atoms with E-state index in [1.54, 1.807) is 10.7 Å². The fourth-order valence-corrected chi connectivity index (χ4v) is 3.70. The van der Waals surface area contributed by atoms with Crippen LogP contribution in [0.1, 0.15) is 43.9 Å². The van der Waals surface area contributed by atoms with Gasteiger partial charge >= 0.3 is 13.3 Å². The molecular formula is C15H16BClFN2O3+. The number of nitrogens with zero attached hydrogens (tertiary/aromatic N) is 2. The van der Waals surface area contributed by atoms with Gasteiger partial charge in [0, 0.05) is 22.7 Å². The van der Waals surface area contributed by atoms with Crippen LogP contribution in [0.15, 0.2) is 6.07 Å². The van der Waals surface area contributed by atoms with Gasteiger partial charge in [-0.1, -0.05) is 11.6 Å². The zero-order valence-corrected chi connectivity index (χ0v) is 13.2. The van der Waals surface area contributed by atoms with Gasteiger partial charge in [0.05, 0.1) is 5.10 Å². The van der Waals surface area contributed by atoms with Crippen LogP contribution in [0.3, 0.4) is 0 Å². The van der Waals surface area contributed by atoms with E-state index in [2.05, 4.69) is 11.3 Å². The predicted octanol–water partition coefficient (Wildman–Crippen LogP) is 1.03. The molecule has 8 heteroatoms. The van der Waals surface area contributed by atoms with Gasteiger partial charge in [0.1, 0.15) is 16.6 Å². The molecule has 1 aliphatic carbocycles. The van der Waals surface area contributed by atoms with E-state index in [0.29, 0.717) is 30.4 Å². The lowest BCUT2D eigenvalue weighted by Crippen LogP contribution is -2.36. The zero-order chi connectivity index (χ0) is 16.2. The molecule has 1 unspecified atom stereocenters. The van der Waals surface area contributed by atoms with Crippen molar-refractivity contribution >= 4 is 35.1 Å². The van der Waals surface area contributed by atoms with Crippen molar-refractivity contribution in [3.63, 3.8) is 0 Å². The number of fused-ring (bicyclic) bond motifs is 1. The molecule has 1 aromatic heterocycles. The summed E-state index contributed by atoms with van der Waals surface area (Å²) in [7, 11) is -1.83. The Bertz CT molecular complexity index is 757. The third-order valence-corrected chi connectivity index (χ3v) is 4.94. The standard InChI is InChI=1S/C15H16BClFN2O3/c17-10-7-11-9(8-19-20(11)12-3-1-2-6-23-12)14(16(21)22)13(10)15(18)4-5-15/h7,12,21-22H,1-6H2/q+1. The van der Waals surface area contributed by atoms with Crippen LogP contribution in [0.5, 0.6) is 0 Å². The molecule has 23 heavy (non-hydrogen) atoms. The monoisotopic (exact) mass is 337 g/mol. The van der Waals surface area contributed by atoms with Crippen LogP contribution < -0.4 is 10.6 Å². The lowest BCUT2D eigenvalue weighted by molar-refractivity contribution is -0.438. The van der Waals surface area contributed by atoms with Gasteiger partial charge in [-0.25, -0.2) is 4.39 Å². The maximum absolute atomic E-state index is 14.6. The highest BCUT2D eigenvalue weighted by Gasteiger charge is 2.50. The number of benzene rings is 1. The van der Waals surface area contributed by atoms with Gasteiger partial charge in [0.2, 0.25) is 6.23 Å². The molecule has 2 heterocycles. The molecule has 2 aliphatic rings. The SMILES string of the molecule is OB(O)c1c(C2(F)CC2)c(Cl)cc2c1c#[n+]n2C1CCCCO1. The molecule has 0 bridgehead atoms. The Balaban J connectivity index is 1.91. The van der Waals surface area contributed by atoms with Gasteiger partial charge in [-0.2, -0.15) is 0 Å². The molecule has 5 nitrogen and oxygen atoms in total. The first kappa shape index (κ1) is 15.2. The largest absolute Gasteiger partial charge is 0.490 e. The number of hydrogen-bond donors (Lipinski definition) is 2. The topological polar surface area (TPSA) is 68.7 Å². The van der Waals surface area contributed by atoms with Crippen LogP contribution in [-0.4, -0.2) is 28.5 Å². The molecule has 2 aromatic rings. The minimum absolute atomic E-state index is 0.0644. The quantitative estimate of drug-likeness (QED) is 0.821. The lowest BCUT2D eigenvalue weighted by atomic mass is 9.73. The van der Waals surface area contributed by atoms with E-state index in [-0.39, 0.29) is 22.3 Å². The Hall–Kier alpha value is -1.33. The Labute approximate surface area is 138 Å². The lowest BCUT2D eigenvalue weighted by Gasteiger charge is -2.19. The fraction of sp³-hybridized carbons (Fsp3) is 0.533. The summed E-state index contributed by atoms with van der Waals surface area (Å²) in [4.78, 5) is 0. The second-order valence-electron chi connectivity index (χ2n) is 6.26. The van der Waals surface area contributed by atoms with Crippen LogP contribution in [0, 0.1) is 6.20 Å². The summed E-state index contributed by atoms with van der Waals surface area (Å²) in [5, 5.41) is 24.3. The highest BCUT2D eigenvalue weighted by atomic mass is 35.5. The molecule has 0 radical (unpaired) electrons. The van der Waals surface area contributed by atoms with E-state index < -0.39 is 12.8 Å². The van der Waals surface area contributed by atoms with Gasteiger partial charge in [-0.05, 0) is 42.9 Å². The van der Waals surface area contributed by atoms with Crippen LogP contribution in [0.25, 0.3) is 10.9 Å². The summed E-state index contributed by atoms with van der Waals surface area (Å²) in [5.41, 5.74) is -0.781. The van der Waals surface area contributed by atoms with Crippen molar-refractivity contribution in [3.8, 4) is 0 Å². The van der Waals surface area contributed by atoms with Crippen LogP contribution in [0.2, 0.25) is 5.02 Å². The maximum Gasteiger partial charge on any atom is 0.490 e. The van der Waals surface area contributed by atoms with E-state index in [0.717, 1.165) is 19.3 Å². The van der Waals surface area contributed by atoms with Crippen molar-refractivity contribution in [2.24, 2.45) is 0 Å². The van der Waals surface area contributed by atoms with E-state index in [9.17, 15) is 14.4 Å². The third kappa shape index (κ3) is 2.41. The fourth-order valence-electron chi connectivity index (χ4n) is 3.32. The normalized spacial score (nSPS) is 22.9. The second kappa shape index (κ2) is 5.35. The third-order valence-electron chi connectivity index (χ3n) is 4.64. The van der Waals surface area contributed by atoms with Crippen molar-refractivity contribution in [1.29, 1.82) is 0 Å². The molecule has 1 atom stereocenters. The van der Waals surface area contributed by atoms with Crippen molar-refractivity contribution in [2.45, 2.75) is 44.0 Å². The number of alkyl halides is 1. The number of ether oxygens (including phenoxy) is 1. The van der Waals surface area contributed by atoms with E-state index in [1.165, 1.54) is 0 Å². The molecule has 120 valence electrons. The number of halogens is 2. The molecular weight excluding hydrogens is 321 g/mol. The van der Waals surface area contributed by atoms with Gasteiger partial charge in [-0.3, -0.25) is 0 Å². The van der Waals surface area contributed by atoms with E-state index in [4.69, 9.17) is 16.3 Å². The van der Waals surface area contributed by atoms with E-state index in [1.807, 2.05) is 0 Å². The maximum atomic E-state index is 14.6. The number of aromatic nitrogens is 2. The van der Waals surface area contributed by atoms with Crippen molar-refractivity contribution in [1.82, 2.24) is 4.68 Å². The first-order chi connectivity index (χ1) is 11.0. The van der Waals surface area contributed by atoms with Gasteiger partial charge in [0.15, 0.2) is 0 Å². The van der Waals surface area contributed by atoms with Crippen LogP contribution in [0.4, 0.5) is 4.39 Å². The highest BCUT2D eigenvalue weighted by molar-refractivity contribution is 6.63. The minimum atomic E-state index is -1.83. The molecule has 1 saturated heterocycles. The molecule has 2 fully saturated rings. The summed E-state index contributed by atoms with van der Waals surface area (Å²) >= 11 is 6.29. The molecule has 1 aliphatic heterocycles. The molecule has 4 rings (SSSR count). The zero-order valence-electron chi connectivity index (χ0n) is 12.4. The molecule has 2 N–H and O–H groups in total. The van der Waals surface area contributed by atoms with Crippen LogP contribution in [-0.2, 0) is 10.4 Å². The smallest absolute Gasteiger partial charge is 0.423 e. The van der Waals surface area contributed by atoms with Crippen molar-refractivity contribution in [3.05, 3.63) is 22.8 Å². The molecule has 0 spiro atoms. The summed E-state index contributed by atoms with van der Waals surface area (Å²) in [6.07, 6.45) is 6.07. The van der Waals surface area contributed by atoms with Crippen molar-refractivity contribution < 1.29 is 24.3 Å². The Kier molecular flexibility index (Phi) is 3.54. The number of hydrogen-bond acceptors (Lipinski definition) is 3. The van der Waals surface area contributed by atoms with Gasteiger partial charge < -0.3 is 14.8 Å². The summed E-state index contributed by atoms with van der Waals surface area (Å²) < 4.78 is 22.0. The predicted molar refractivity (Wildman–Crippen MR) is 82.1 cm³/mol. The molecule has 1 saturated carbocycles. The summed E-state index contributed by atoms with van der Waals surface area (Å²) in [6.45, 7) is 0.654. The average Bonchev–Trinajstić information content (AvgIpc) is 3.13. The second-order valence-corrected chi connectivity index (χ2v) is 6.66. The highest BCUT2D eigenvalue weighted by Crippen LogP contribution is 2.51. The summed E-state index contributed by atoms with van der Waals surface area (Å²) in [5.74, 6) is 0.